The van der Waals surface area contributed by atoms with Crippen LogP contribution in [0.3, 0.4) is 0 Å². The average molecular weight is 273 g/mol. The highest BCUT2D eigenvalue weighted by Gasteiger charge is 2.37. The fourth-order valence-corrected chi connectivity index (χ4v) is 2.89. The first-order valence-electron chi connectivity index (χ1n) is 6.24. The zero-order valence-corrected chi connectivity index (χ0v) is 11.8. The second kappa shape index (κ2) is 6.00. The zero-order valence-electron chi connectivity index (χ0n) is 11.0. The molecule has 1 aliphatic carbocycles. The first kappa shape index (κ1) is 15.4. The predicted octanol–water partition coefficient (Wildman–Crippen LogP) is 2.91. The molecule has 0 amide bonds. The minimum atomic E-state index is -0.154. The van der Waals surface area contributed by atoms with E-state index in [0.29, 0.717) is 6.04 Å². The van der Waals surface area contributed by atoms with Gasteiger partial charge in [-0.25, -0.2) is 4.39 Å². The van der Waals surface area contributed by atoms with Gasteiger partial charge in [0.05, 0.1) is 0 Å². The molecule has 18 heavy (non-hydrogen) atoms. The molecule has 1 aromatic carbocycles. The van der Waals surface area contributed by atoms with Crippen molar-refractivity contribution in [2.75, 3.05) is 14.1 Å². The molecule has 2 rings (SSSR count). The van der Waals surface area contributed by atoms with E-state index in [9.17, 15) is 4.39 Å². The van der Waals surface area contributed by atoms with Crippen molar-refractivity contribution in [1.29, 1.82) is 0 Å². The second-order valence-corrected chi connectivity index (χ2v) is 5.27. The Labute approximate surface area is 115 Å². The van der Waals surface area contributed by atoms with Crippen LogP contribution >= 0.6 is 12.4 Å². The van der Waals surface area contributed by atoms with E-state index in [1.54, 1.807) is 12.1 Å². The first-order chi connectivity index (χ1) is 8.04. The lowest BCUT2D eigenvalue weighted by molar-refractivity contribution is 0.0915. The van der Waals surface area contributed by atoms with Crippen molar-refractivity contribution >= 4 is 12.4 Å². The van der Waals surface area contributed by atoms with Gasteiger partial charge in [0.25, 0.3) is 0 Å². The van der Waals surface area contributed by atoms with Crippen LogP contribution in [0.15, 0.2) is 24.3 Å². The molecule has 0 bridgehead atoms. The number of nitrogens with two attached hydrogens (primary N) is 1. The molecular weight excluding hydrogens is 251 g/mol. The molecule has 4 heteroatoms. The monoisotopic (exact) mass is 272 g/mol. The molecule has 2 nitrogen and oxygen atoms in total. The van der Waals surface area contributed by atoms with Crippen molar-refractivity contribution in [2.45, 2.75) is 37.3 Å². The fourth-order valence-electron chi connectivity index (χ4n) is 2.89. The van der Waals surface area contributed by atoms with E-state index in [1.165, 1.54) is 6.07 Å². The lowest BCUT2D eigenvalue weighted by Gasteiger charge is -2.45. The third-order valence-electron chi connectivity index (χ3n) is 4.08. The van der Waals surface area contributed by atoms with E-state index in [1.807, 2.05) is 6.07 Å². The molecular formula is C14H22ClFN2. The lowest BCUT2D eigenvalue weighted by Crippen LogP contribution is -2.46. The summed E-state index contributed by atoms with van der Waals surface area (Å²) >= 11 is 0. The van der Waals surface area contributed by atoms with Crippen LogP contribution in [0.25, 0.3) is 0 Å². The Morgan fingerprint density at radius 2 is 1.89 bits per heavy atom. The molecule has 1 saturated carbocycles. The summed E-state index contributed by atoms with van der Waals surface area (Å²) < 4.78 is 13.4. The summed E-state index contributed by atoms with van der Waals surface area (Å²) in [6, 6.07) is 7.29. The van der Waals surface area contributed by atoms with Gasteiger partial charge in [-0.3, -0.25) is 4.90 Å². The van der Waals surface area contributed by atoms with Gasteiger partial charge in [-0.05, 0) is 57.5 Å². The van der Waals surface area contributed by atoms with E-state index in [-0.39, 0.29) is 23.8 Å². The van der Waals surface area contributed by atoms with Crippen molar-refractivity contribution in [3.05, 3.63) is 35.6 Å². The largest absolute Gasteiger partial charge is 0.328 e. The number of halogens is 2. The Kier molecular flexibility index (Phi) is 5.14. The average Bonchev–Trinajstić information content (AvgIpc) is 2.30. The molecule has 0 unspecified atom stereocenters. The number of rotatable bonds is 2. The van der Waals surface area contributed by atoms with Crippen molar-refractivity contribution in [3.8, 4) is 0 Å². The SMILES string of the molecule is CN(C)C1(c2cccc(F)c2)CCC(N)CC1.Cl. The highest BCUT2D eigenvalue weighted by Crippen LogP contribution is 2.40. The Morgan fingerprint density at radius 3 is 2.39 bits per heavy atom. The van der Waals surface area contributed by atoms with Crippen molar-refractivity contribution in [3.63, 3.8) is 0 Å². The Morgan fingerprint density at radius 1 is 1.28 bits per heavy atom. The summed E-state index contributed by atoms with van der Waals surface area (Å²) in [6.07, 6.45) is 4.03. The molecule has 0 saturated heterocycles. The minimum absolute atomic E-state index is 0. The van der Waals surface area contributed by atoms with Crippen molar-refractivity contribution in [1.82, 2.24) is 4.90 Å². The van der Waals surface area contributed by atoms with Crippen LogP contribution < -0.4 is 5.73 Å². The maximum Gasteiger partial charge on any atom is 0.123 e. The zero-order chi connectivity index (χ0) is 12.5. The second-order valence-electron chi connectivity index (χ2n) is 5.27. The number of hydrogen-bond acceptors (Lipinski definition) is 2. The summed E-state index contributed by atoms with van der Waals surface area (Å²) in [5.41, 5.74) is 7.01. The molecule has 0 spiro atoms. The summed E-state index contributed by atoms with van der Waals surface area (Å²) in [6.45, 7) is 0. The molecule has 1 aliphatic rings. The van der Waals surface area contributed by atoms with Crippen LogP contribution in [0.5, 0.6) is 0 Å². The summed E-state index contributed by atoms with van der Waals surface area (Å²) in [5.74, 6) is -0.154. The van der Waals surface area contributed by atoms with Gasteiger partial charge >= 0.3 is 0 Å². The van der Waals surface area contributed by atoms with Gasteiger partial charge in [-0.2, -0.15) is 0 Å². The van der Waals surface area contributed by atoms with Gasteiger partial charge in [-0.1, -0.05) is 12.1 Å². The topological polar surface area (TPSA) is 29.3 Å². The molecule has 1 fully saturated rings. The highest BCUT2D eigenvalue weighted by atomic mass is 35.5. The van der Waals surface area contributed by atoms with Crippen LogP contribution in [0, 0.1) is 5.82 Å². The van der Waals surface area contributed by atoms with E-state index >= 15 is 0 Å². The van der Waals surface area contributed by atoms with Gasteiger partial charge in [0, 0.05) is 11.6 Å². The first-order valence-corrected chi connectivity index (χ1v) is 6.24. The maximum absolute atomic E-state index is 13.4. The lowest BCUT2D eigenvalue weighted by atomic mass is 9.74. The summed E-state index contributed by atoms with van der Waals surface area (Å²) in [4.78, 5) is 2.22. The standard InChI is InChI=1S/C14H21FN2.ClH/c1-17(2)14(8-6-13(16)7-9-14)11-4-3-5-12(15)10-11;/h3-5,10,13H,6-9,16H2,1-2H3;1H. The summed E-state index contributed by atoms with van der Waals surface area (Å²) in [7, 11) is 4.14. The number of hydrogen-bond donors (Lipinski definition) is 1. The molecule has 102 valence electrons. The van der Waals surface area contributed by atoms with Crippen LogP contribution in [-0.4, -0.2) is 25.0 Å². The van der Waals surface area contributed by atoms with Crippen molar-refractivity contribution in [2.24, 2.45) is 5.73 Å². The Hall–Kier alpha value is -0.640. The van der Waals surface area contributed by atoms with E-state index in [4.69, 9.17) is 5.73 Å². The minimum Gasteiger partial charge on any atom is -0.328 e. The van der Waals surface area contributed by atoms with Crippen LogP contribution in [-0.2, 0) is 5.54 Å². The molecule has 0 heterocycles. The number of benzene rings is 1. The van der Waals surface area contributed by atoms with Crippen LogP contribution in [0.4, 0.5) is 4.39 Å². The van der Waals surface area contributed by atoms with Gasteiger partial charge in [0.2, 0.25) is 0 Å². The third-order valence-corrected chi connectivity index (χ3v) is 4.08. The summed E-state index contributed by atoms with van der Waals surface area (Å²) in [5, 5.41) is 0. The molecule has 0 aromatic heterocycles. The van der Waals surface area contributed by atoms with Gasteiger partial charge in [0.15, 0.2) is 0 Å². The van der Waals surface area contributed by atoms with Crippen LogP contribution in [0.2, 0.25) is 0 Å². The quantitative estimate of drug-likeness (QED) is 0.897. The van der Waals surface area contributed by atoms with Gasteiger partial charge in [-0.15, -0.1) is 12.4 Å². The molecule has 0 atom stereocenters. The fraction of sp³-hybridized carbons (Fsp3) is 0.571. The van der Waals surface area contributed by atoms with Crippen LogP contribution in [0.1, 0.15) is 31.2 Å². The Balaban J connectivity index is 0.00000162. The van der Waals surface area contributed by atoms with E-state index < -0.39 is 0 Å². The molecule has 0 radical (unpaired) electrons. The molecule has 0 aliphatic heterocycles. The van der Waals surface area contributed by atoms with Gasteiger partial charge < -0.3 is 5.73 Å². The van der Waals surface area contributed by atoms with Gasteiger partial charge in [0.1, 0.15) is 5.82 Å². The molecule has 1 aromatic rings. The highest BCUT2D eigenvalue weighted by molar-refractivity contribution is 5.85. The normalized spacial score (nSPS) is 27.9. The number of nitrogens with zero attached hydrogens (tertiary/aromatic N) is 1. The van der Waals surface area contributed by atoms with Crippen molar-refractivity contribution < 1.29 is 4.39 Å². The predicted molar refractivity (Wildman–Crippen MR) is 75.5 cm³/mol. The maximum atomic E-state index is 13.4. The smallest absolute Gasteiger partial charge is 0.123 e. The molecule has 2 N–H and O–H groups in total. The Bertz CT molecular complexity index is 387. The van der Waals surface area contributed by atoms with E-state index in [0.717, 1.165) is 31.2 Å². The van der Waals surface area contributed by atoms with E-state index in [2.05, 4.69) is 19.0 Å². The third kappa shape index (κ3) is 2.85.